The van der Waals surface area contributed by atoms with Gasteiger partial charge in [0.25, 0.3) is 6.43 Å². The molecule has 0 unspecified atom stereocenters. The van der Waals surface area contributed by atoms with Crippen LogP contribution in [0.1, 0.15) is 36.3 Å². The number of esters is 1. The molecule has 108 valence electrons. The van der Waals surface area contributed by atoms with Gasteiger partial charge >= 0.3 is 5.97 Å². The fraction of sp³-hybridized carbons (Fsp3) is 0.385. The monoisotopic (exact) mass is 284 g/mol. The molecule has 20 heavy (non-hydrogen) atoms. The molecule has 2 heterocycles. The van der Waals surface area contributed by atoms with Crippen molar-refractivity contribution in [1.82, 2.24) is 9.38 Å². The molecule has 2 rings (SSSR count). The molecule has 2 aromatic heterocycles. The van der Waals surface area contributed by atoms with Crippen LogP contribution < -0.4 is 4.74 Å². The molecule has 0 aliphatic carbocycles. The predicted octanol–water partition coefficient (Wildman–Crippen LogP) is 2.85. The normalized spacial score (nSPS) is 11.3. The molecule has 0 fully saturated rings. The number of imidazole rings is 1. The molecule has 0 saturated carbocycles. The third-order valence-electron chi connectivity index (χ3n) is 2.56. The van der Waals surface area contributed by atoms with Crippen molar-refractivity contribution in [3.05, 3.63) is 29.7 Å². The number of alkyl halides is 2. The number of hydrogen-bond acceptors (Lipinski definition) is 4. The highest BCUT2D eigenvalue weighted by Gasteiger charge is 2.19. The van der Waals surface area contributed by atoms with Crippen molar-refractivity contribution in [1.29, 1.82) is 0 Å². The van der Waals surface area contributed by atoms with Gasteiger partial charge in [-0.3, -0.25) is 0 Å². The fourth-order valence-electron chi connectivity index (χ4n) is 1.76. The van der Waals surface area contributed by atoms with Crippen molar-refractivity contribution in [3.63, 3.8) is 0 Å². The molecular weight excluding hydrogens is 270 g/mol. The average Bonchev–Trinajstić information content (AvgIpc) is 2.79. The zero-order chi connectivity index (χ0) is 14.9. The molecule has 0 aromatic carbocycles. The number of ether oxygens (including phenoxy) is 2. The first kappa shape index (κ1) is 14.2. The Balaban J connectivity index is 2.58. The lowest BCUT2D eigenvalue weighted by molar-refractivity contribution is 0.0593. The Labute approximate surface area is 114 Å². The summed E-state index contributed by atoms with van der Waals surface area (Å²) in [4.78, 5) is 15.5. The smallest absolute Gasteiger partial charge is 0.343 e. The average molecular weight is 284 g/mol. The van der Waals surface area contributed by atoms with E-state index in [0.717, 1.165) is 0 Å². The van der Waals surface area contributed by atoms with Gasteiger partial charge in [-0.25, -0.2) is 18.6 Å². The van der Waals surface area contributed by atoms with E-state index in [1.807, 2.05) is 0 Å². The van der Waals surface area contributed by atoms with Crippen LogP contribution in [0.25, 0.3) is 5.65 Å². The van der Waals surface area contributed by atoms with Gasteiger partial charge in [-0.15, -0.1) is 0 Å². The molecule has 0 aliphatic rings. The van der Waals surface area contributed by atoms with E-state index in [1.54, 1.807) is 13.8 Å². The minimum absolute atomic E-state index is 0.159. The quantitative estimate of drug-likeness (QED) is 0.810. The van der Waals surface area contributed by atoms with Crippen molar-refractivity contribution >= 4 is 11.6 Å². The van der Waals surface area contributed by atoms with Gasteiger partial charge in [-0.1, -0.05) is 0 Å². The lowest BCUT2D eigenvalue weighted by Gasteiger charge is -2.13. The van der Waals surface area contributed by atoms with Crippen molar-refractivity contribution in [3.8, 4) is 5.75 Å². The molecule has 0 atom stereocenters. The second-order valence-electron chi connectivity index (χ2n) is 4.44. The van der Waals surface area contributed by atoms with Crippen LogP contribution in [-0.4, -0.2) is 28.6 Å². The zero-order valence-corrected chi connectivity index (χ0v) is 11.3. The highest BCUT2D eigenvalue weighted by atomic mass is 19.3. The Hall–Kier alpha value is -2.18. The summed E-state index contributed by atoms with van der Waals surface area (Å²) in [7, 11) is 1.24. The molecule has 2 aromatic rings. The Morgan fingerprint density at radius 2 is 2.05 bits per heavy atom. The molecule has 0 radical (unpaired) electrons. The third kappa shape index (κ3) is 2.71. The molecule has 0 bridgehead atoms. The summed E-state index contributed by atoms with van der Waals surface area (Å²) in [6, 6.07) is 1.44. The van der Waals surface area contributed by atoms with Crippen LogP contribution in [0.15, 0.2) is 18.5 Å². The largest absolute Gasteiger partial charge is 0.490 e. The van der Waals surface area contributed by atoms with Crippen molar-refractivity contribution in [2.45, 2.75) is 26.4 Å². The molecule has 0 spiro atoms. The van der Waals surface area contributed by atoms with E-state index in [-0.39, 0.29) is 28.8 Å². The van der Waals surface area contributed by atoms with Crippen LogP contribution in [0, 0.1) is 0 Å². The van der Waals surface area contributed by atoms with Crippen molar-refractivity contribution < 1.29 is 23.0 Å². The van der Waals surface area contributed by atoms with Gasteiger partial charge in [0.1, 0.15) is 22.7 Å². The Morgan fingerprint density at radius 3 is 2.60 bits per heavy atom. The third-order valence-corrected chi connectivity index (χ3v) is 2.56. The SMILES string of the molecule is COC(=O)c1cn2cc(C(F)F)nc2cc1OC(C)C. The minimum atomic E-state index is -2.68. The van der Waals surface area contributed by atoms with E-state index in [9.17, 15) is 13.6 Å². The van der Waals surface area contributed by atoms with E-state index in [2.05, 4.69) is 9.72 Å². The maximum atomic E-state index is 12.6. The van der Waals surface area contributed by atoms with Gasteiger partial charge < -0.3 is 13.9 Å². The van der Waals surface area contributed by atoms with E-state index in [4.69, 9.17) is 4.74 Å². The van der Waals surface area contributed by atoms with Crippen LogP contribution in [0.5, 0.6) is 5.75 Å². The van der Waals surface area contributed by atoms with Crippen molar-refractivity contribution in [2.24, 2.45) is 0 Å². The molecule has 5 nitrogen and oxygen atoms in total. The standard InChI is InChI=1S/C13H14F2N2O3/c1-7(2)20-10-4-11-16-9(12(14)15)6-17(11)5-8(10)13(18)19-3/h4-7,12H,1-3H3. The molecule has 0 aliphatic heterocycles. The summed E-state index contributed by atoms with van der Waals surface area (Å²) >= 11 is 0. The number of halogens is 2. The lowest BCUT2D eigenvalue weighted by atomic mass is 10.2. The lowest BCUT2D eigenvalue weighted by Crippen LogP contribution is -2.12. The number of pyridine rings is 1. The number of methoxy groups -OCH3 is 1. The van der Waals surface area contributed by atoms with Crippen molar-refractivity contribution in [2.75, 3.05) is 7.11 Å². The number of carbonyl (C=O) groups is 1. The zero-order valence-electron chi connectivity index (χ0n) is 11.3. The first-order chi connectivity index (χ1) is 9.42. The minimum Gasteiger partial charge on any atom is -0.490 e. The number of fused-ring (bicyclic) bond motifs is 1. The molecule has 0 amide bonds. The van der Waals surface area contributed by atoms with Gasteiger partial charge in [-0.05, 0) is 13.8 Å². The number of aromatic nitrogens is 2. The highest BCUT2D eigenvalue weighted by Crippen LogP contribution is 2.25. The topological polar surface area (TPSA) is 52.8 Å². The maximum Gasteiger partial charge on any atom is 0.343 e. The second-order valence-corrected chi connectivity index (χ2v) is 4.44. The second kappa shape index (κ2) is 5.44. The van der Waals surface area contributed by atoms with Gasteiger partial charge in [0.05, 0.1) is 13.2 Å². The van der Waals surface area contributed by atoms with E-state index < -0.39 is 12.4 Å². The summed E-state index contributed by atoms with van der Waals surface area (Å²) in [6.07, 6.45) is -0.306. The van der Waals surface area contributed by atoms with Crippen LogP contribution in [0.2, 0.25) is 0 Å². The fourth-order valence-corrected chi connectivity index (χ4v) is 1.76. The summed E-state index contributed by atoms with van der Waals surface area (Å²) < 4.78 is 36.8. The number of rotatable bonds is 4. The molecule has 7 heteroatoms. The Morgan fingerprint density at radius 1 is 1.35 bits per heavy atom. The molecule has 0 saturated heterocycles. The van der Waals surface area contributed by atoms with Gasteiger partial charge in [0, 0.05) is 18.5 Å². The van der Waals surface area contributed by atoms with E-state index in [0.29, 0.717) is 0 Å². The van der Waals surface area contributed by atoms with Crippen LogP contribution in [0.3, 0.4) is 0 Å². The van der Waals surface area contributed by atoms with Crippen LogP contribution in [0.4, 0.5) is 8.78 Å². The molecular formula is C13H14F2N2O3. The number of nitrogens with zero attached hydrogens (tertiary/aromatic N) is 2. The maximum absolute atomic E-state index is 12.6. The first-order valence-electron chi connectivity index (χ1n) is 5.98. The summed E-state index contributed by atoms with van der Waals surface area (Å²) in [5.41, 5.74) is 0.0815. The Bertz CT molecular complexity index is 638. The predicted molar refractivity (Wildman–Crippen MR) is 67.3 cm³/mol. The summed E-state index contributed by atoms with van der Waals surface area (Å²) in [5.74, 6) is -0.347. The number of hydrogen-bond donors (Lipinski definition) is 0. The van der Waals surface area contributed by atoms with Crippen LogP contribution >= 0.6 is 0 Å². The van der Waals surface area contributed by atoms with E-state index >= 15 is 0 Å². The van der Waals surface area contributed by atoms with Gasteiger partial charge in [0.15, 0.2) is 0 Å². The van der Waals surface area contributed by atoms with Gasteiger partial charge in [0.2, 0.25) is 0 Å². The Kier molecular flexibility index (Phi) is 3.87. The van der Waals surface area contributed by atoms with Gasteiger partial charge in [-0.2, -0.15) is 0 Å². The first-order valence-corrected chi connectivity index (χ1v) is 5.98. The van der Waals surface area contributed by atoms with Crippen LogP contribution in [-0.2, 0) is 4.74 Å². The number of carbonyl (C=O) groups excluding carboxylic acids is 1. The summed E-state index contributed by atoms with van der Waals surface area (Å²) in [6.45, 7) is 3.59. The highest BCUT2D eigenvalue weighted by molar-refractivity contribution is 5.92. The summed E-state index contributed by atoms with van der Waals surface area (Å²) in [5, 5.41) is 0. The molecule has 0 N–H and O–H groups in total. The van der Waals surface area contributed by atoms with E-state index in [1.165, 1.54) is 30.0 Å².